The molecule has 0 saturated carbocycles. The van der Waals surface area contributed by atoms with E-state index in [1.54, 1.807) is 6.08 Å². The highest BCUT2D eigenvalue weighted by molar-refractivity contribution is 5.70. The van der Waals surface area contributed by atoms with E-state index >= 15 is 0 Å². The number of unbranched alkanes of at least 4 members (excludes halogenated alkanes) is 2. The number of amides is 1. The van der Waals surface area contributed by atoms with Crippen molar-refractivity contribution in [3.8, 4) is 0 Å². The number of hydroxylamine groups is 2. The minimum atomic E-state index is -0.898. The summed E-state index contributed by atoms with van der Waals surface area (Å²) >= 11 is 0. The Bertz CT molecular complexity index is 255. The molecule has 0 aromatic carbocycles. The van der Waals surface area contributed by atoms with E-state index in [0.29, 0.717) is 19.4 Å². The number of aliphatic carboxylic acids is 1. The number of carbonyl (C=O) groups is 2. The third-order valence-corrected chi connectivity index (χ3v) is 2.58. The number of hydrogen-bond acceptors (Lipinski definition) is 3. The summed E-state index contributed by atoms with van der Waals surface area (Å²) in [4.78, 5) is 27.0. The Labute approximate surface area is 108 Å². The molecule has 0 aromatic heterocycles. The SMILES string of the molecule is C=CCCCC(CN(C=O)OCCCC)C(=O)O. The van der Waals surface area contributed by atoms with Crippen molar-refractivity contribution < 1.29 is 19.5 Å². The van der Waals surface area contributed by atoms with Gasteiger partial charge in [0.05, 0.1) is 19.1 Å². The van der Waals surface area contributed by atoms with Gasteiger partial charge in [-0.05, 0) is 25.7 Å². The van der Waals surface area contributed by atoms with Gasteiger partial charge in [0, 0.05) is 0 Å². The molecule has 0 fully saturated rings. The van der Waals surface area contributed by atoms with E-state index in [4.69, 9.17) is 9.94 Å². The highest BCUT2D eigenvalue weighted by Gasteiger charge is 2.20. The monoisotopic (exact) mass is 257 g/mol. The maximum absolute atomic E-state index is 11.1. The zero-order valence-electron chi connectivity index (χ0n) is 11.0. The Balaban J connectivity index is 4.12. The summed E-state index contributed by atoms with van der Waals surface area (Å²) < 4.78 is 0. The summed E-state index contributed by atoms with van der Waals surface area (Å²) in [6.45, 7) is 6.14. The molecule has 1 N–H and O–H groups in total. The van der Waals surface area contributed by atoms with Gasteiger partial charge in [-0.15, -0.1) is 6.58 Å². The molecule has 0 saturated heterocycles. The minimum Gasteiger partial charge on any atom is -0.481 e. The summed E-state index contributed by atoms with van der Waals surface area (Å²) in [6, 6.07) is 0. The standard InChI is InChI=1S/C13H23NO4/c1-3-5-7-8-12(13(16)17)10-14(11-15)18-9-6-4-2/h3,11-12H,1,4-10H2,2H3,(H,16,17). The molecule has 0 rings (SSSR count). The van der Waals surface area contributed by atoms with Gasteiger partial charge in [-0.1, -0.05) is 19.4 Å². The lowest BCUT2D eigenvalue weighted by molar-refractivity contribution is -0.179. The number of allylic oxidation sites excluding steroid dienone is 1. The first-order valence-electron chi connectivity index (χ1n) is 6.34. The topological polar surface area (TPSA) is 66.8 Å². The average Bonchev–Trinajstić information content (AvgIpc) is 2.35. The van der Waals surface area contributed by atoms with Crippen LogP contribution in [-0.4, -0.2) is 35.7 Å². The first-order valence-corrected chi connectivity index (χ1v) is 6.34. The van der Waals surface area contributed by atoms with Gasteiger partial charge in [0.1, 0.15) is 0 Å². The molecule has 1 unspecified atom stereocenters. The Hall–Kier alpha value is -1.36. The highest BCUT2D eigenvalue weighted by atomic mass is 16.7. The van der Waals surface area contributed by atoms with Crippen LogP contribution >= 0.6 is 0 Å². The van der Waals surface area contributed by atoms with E-state index in [-0.39, 0.29) is 6.54 Å². The Morgan fingerprint density at radius 1 is 1.50 bits per heavy atom. The van der Waals surface area contributed by atoms with Crippen LogP contribution in [0.2, 0.25) is 0 Å². The normalized spacial score (nSPS) is 11.8. The van der Waals surface area contributed by atoms with Crippen LogP contribution in [0.1, 0.15) is 39.0 Å². The summed E-state index contributed by atoms with van der Waals surface area (Å²) in [6.07, 6.45) is 6.16. The van der Waals surface area contributed by atoms with Crippen LogP contribution in [-0.2, 0) is 14.4 Å². The maximum atomic E-state index is 11.1. The van der Waals surface area contributed by atoms with Crippen molar-refractivity contribution in [3.05, 3.63) is 12.7 Å². The second-order valence-corrected chi connectivity index (χ2v) is 4.15. The van der Waals surface area contributed by atoms with Crippen LogP contribution < -0.4 is 0 Å². The Morgan fingerprint density at radius 2 is 2.22 bits per heavy atom. The minimum absolute atomic E-state index is 0.0969. The fourth-order valence-corrected chi connectivity index (χ4v) is 1.47. The first kappa shape index (κ1) is 16.6. The third-order valence-electron chi connectivity index (χ3n) is 2.58. The molecule has 1 amide bonds. The molecule has 18 heavy (non-hydrogen) atoms. The molecule has 0 heterocycles. The van der Waals surface area contributed by atoms with Crippen molar-refractivity contribution in [2.45, 2.75) is 39.0 Å². The van der Waals surface area contributed by atoms with E-state index in [2.05, 4.69) is 6.58 Å². The van der Waals surface area contributed by atoms with Gasteiger partial charge in [0.2, 0.25) is 6.41 Å². The Morgan fingerprint density at radius 3 is 2.72 bits per heavy atom. The molecule has 0 radical (unpaired) electrons. The van der Waals surface area contributed by atoms with E-state index in [0.717, 1.165) is 30.7 Å². The van der Waals surface area contributed by atoms with Crippen molar-refractivity contribution in [2.75, 3.05) is 13.2 Å². The summed E-state index contributed by atoms with van der Waals surface area (Å²) in [7, 11) is 0. The number of hydrogen-bond donors (Lipinski definition) is 1. The summed E-state index contributed by atoms with van der Waals surface area (Å²) in [5.74, 6) is -1.48. The predicted octanol–water partition coefficient (Wildman–Crippen LogP) is 2.23. The second-order valence-electron chi connectivity index (χ2n) is 4.15. The molecule has 1 atom stereocenters. The molecule has 0 spiro atoms. The van der Waals surface area contributed by atoms with Gasteiger partial charge in [-0.3, -0.25) is 14.4 Å². The van der Waals surface area contributed by atoms with Gasteiger partial charge < -0.3 is 5.11 Å². The number of carboxylic acid groups (broad SMARTS) is 1. The van der Waals surface area contributed by atoms with Crippen molar-refractivity contribution in [1.82, 2.24) is 5.06 Å². The second kappa shape index (κ2) is 10.8. The summed E-state index contributed by atoms with van der Waals surface area (Å²) in [5, 5.41) is 10.2. The lowest BCUT2D eigenvalue weighted by Gasteiger charge is -2.20. The number of carboxylic acids is 1. The maximum Gasteiger partial charge on any atom is 0.308 e. The highest BCUT2D eigenvalue weighted by Crippen LogP contribution is 2.11. The molecule has 0 bridgehead atoms. The Kier molecular flexibility index (Phi) is 9.96. The quantitative estimate of drug-likeness (QED) is 0.252. The molecule has 104 valence electrons. The molecule has 5 heteroatoms. The van der Waals surface area contributed by atoms with Gasteiger partial charge in [-0.25, -0.2) is 5.06 Å². The van der Waals surface area contributed by atoms with E-state index in [1.165, 1.54) is 0 Å². The van der Waals surface area contributed by atoms with Crippen LogP contribution in [0, 0.1) is 5.92 Å². The van der Waals surface area contributed by atoms with Gasteiger partial charge >= 0.3 is 5.97 Å². The average molecular weight is 257 g/mol. The molecular weight excluding hydrogens is 234 g/mol. The molecule has 0 aromatic rings. The van der Waals surface area contributed by atoms with Crippen LogP contribution in [0.5, 0.6) is 0 Å². The van der Waals surface area contributed by atoms with E-state index in [1.807, 2.05) is 6.92 Å². The van der Waals surface area contributed by atoms with Crippen LogP contribution in [0.15, 0.2) is 12.7 Å². The van der Waals surface area contributed by atoms with Crippen molar-refractivity contribution in [2.24, 2.45) is 5.92 Å². The molecule has 0 aliphatic rings. The number of nitrogens with zero attached hydrogens (tertiary/aromatic N) is 1. The third kappa shape index (κ3) is 7.84. The number of rotatable bonds is 12. The molecule has 0 aliphatic heterocycles. The zero-order valence-corrected chi connectivity index (χ0v) is 11.0. The zero-order chi connectivity index (χ0) is 13.8. The van der Waals surface area contributed by atoms with Crippen LogP contribution in [0.3, 0.4) is 0 Å². The van der Waals surface area contributed by atoms with Gasteiger partial charge in [-0.2, -0.15) is 0 Å². The lowest BCUT2D eigenvalue weighted by atomic mass is 10.0. The van der Waals surface area contributed by atoms with Gasteiger partial charge in [0.25, 0.3) is 0 Å². The summed E-state index contributed by atoms with van der Waals surface area (Å²) in [5.41, 5.74) is 0. The van der Waals surface area contributed by atoms with Crippen LogP contribution in [0.4, 0.5) is 0 Å². The largest absolute Gasteiger partial charge is 0.481 e. The molecular formula is C13H23NO4. The van der Waals surface area contributed by atoms with Gasteiger partial charge in [0.15, 0.2) is 0 Å². The van der Waals surface area contributed by atoms with E-state index < -0.39 is 11.9 Å². The van der Waals surface area contributed by atoms with E-state index in [9.17, 15) is 9.59 Å². The molecule has 0 aliphatic carbocycles. The molecule has 5 nitrogen and oxygen atoms in total. The lowest BCUT2D eigenvalue weighted by Crippen LogP contribution is -2.32. The fourth-order valence-electron chi connectivity index (χ4n) is 1.47. The smallest absolute Gasteiger partial charge is 0.308 e. The van der Waals surface area contributed by atoms with Crippen molar-refractivity contribution in [3.63, 3.8) is 0 Å². The van der Waals surface area contributed by atoms with Crippen molar-refractivity contribution in [1.29, 1.82) is 0 Å². The predicted molar refractivity (Wildman–Crippen MR) is 68.8 cm³/mol. The van der Waals surface area contributed by atoms with Crippen LogP contribution in [0.25, 0.3) is 0 Å². The first-order chi connectivity index (χ1) is 8.65. The fraction of sp³-hybridized carbons (Fsp3) is 0.692. The number of carbonyl (C=O) groups excluding carboxylic acids is 1. The van der Waals surface area contributed by atoms with Crippen molar-refractivity contribution >= 4 is 12.4 Å².